The first-order valence-corrected chi connectivity index (χ1v) is 9.65. The van der Waals surface area contributed by atoms with Gasteiger partial charge in [0.1, 0.15) is 5.82 Å². The van der Waals surface area contributed by atoms with Gasteiger partial charge in [0.05, 0.1) is 18.9 Å². The lowest BCUT2D eigenvalue weighted by Crippen LogP contribution is -2.38. The molecule has 4 rings (SSSR count). The van der Waals surface area contributed by atoms with Gasteiger partial charge in [-0.15, -0.1) is 5.10 Å². The molecule has 1 atom stereocenters. The smallest absolute Gasteiger partial charge is 0.227 e. The predicted octanol–water partition coefficient (Wildman–Crippen LogP) is 0.195. The van der Waals surface area contributed by atoms with Crippen LogP contribution in [0.3, 0.4) is 0 Å². The van der Waals surface area contributed by atoms with Crippen molar-refractivity contribution in [2.75, 3.05) is 62.8 Å². The number of morpholine rings is 1. The highest BCUT2D eigenvalue weighted by molar-refractivity contribution is 5.44. The third kappa shape index (κ3) is 4.36. The summed E-state index contributed by atoms with van der Waals surface area (Å²) in [6.07, 6.45) is 5.95. The molecule has 4 heterocycles. The molecule has 0 spiro atoms. The Hall–Kier alpha value is -2.26. The molecule has 2 aliphatic heterocycles. The van der Waals surface area contributed by atoms with E-state index in [2.05, 4.69) is 37.0 Å². The summed E-state index contributed by atoms with van der Waals surface area (Å²) in [5, 5.41) is 8.18. The van der Waals surface area contributed by atoms with Gasteiger partial charge in [-0.3, -0.25) is 4.68 Å². The number of hydrogen-bond donors (Lipinski definition) is 0. The molecule has 2 aromatic heterocycles. The van der Waals surface area contributed by atoms with E-state index in [1.54, 1.807) is 4.68 Å². The summed E-state index contributed by atoms with van der Waals surface area (Å²) in [5.41, 5.74) is 1.06. The molecule has 2 saturated heterocycles. The Labute approximate surface area is 159 Å². The minimum absolute atomic E-state index is 0.472. The fraction of sp³-hybridized carbons (Fsp3) is 0.667. The second-order valence-corrected chi connectivity index (χ2v) is 7.30. The lowest BCUT2D eigenvalue weighted by Gasteiger charge is -2.29. The van der Waals surface area contributed by atoms with E-state index in [1.807, 2.05) is 25.5 Å². The maximum absolute atomic E-state index is 5.43. The number of rotatable bonds is 6. The zero-order valence-corrected chi connectivity index (χ0v) is 16.2. The lowest BCUT2D eigenvalue weighted by atomic mass is 10.2. The zero-order chi connectivity index (χ0) is 18.6. The Balaban J connectivity index is 1.33. The average molecular weight is 372 g/mol. The van der Waals surface area contributed by atoms with Gasteiger partial charge in [-0.25, -0.2) is 4.98 Å². The van der Waals surface area contributed by atoms with Crippen LogP contribution in [0.2, 0.25) is 0 Å². The van der Waals surface area contributed by atoms with Crippen LogP contribution >= 0.6 is 0 Å². The second-order valence-electron chi connectivity index (χ2n) is 7.30. The zero-order valence-electron chi connectivity index (χ0n) is 16.2. The molecular formula is C18H28N8O. The van der Waals surface area contributed by atoms with Crippen LogP contribution in [0.25, 0.3) is 0 Å². The van der Waals surface area contributed by atoms with E-state index in [0.717, 1.165) is 76.2 Å². The van der Waals surface area contributed by atoms with Crippen molar-refractivity contribution in [1.82, 2.24) is 29.9 Å². The molecule has 1 unspecified atom stereocenters. The fourth-order valence-electron chi connectivity index (χ4n) is 3.75. The summed E-state index contributed by atoms with van der Waals surface area (Å²) < 4.78 is 7.19. The minimum Gasteiger partial charge on any atom is -0.378 e. The molecular weight excluding hydrogens is 344 g/mol. The molecule has 9 heteroatoms. The number of anilines is 2. The van der Waals surface area contributed by atoms with Gasteiger partial charge >= 0.3 is 0 Å². The number of ether oxygens (including phenoxy) is 1. The quantitative estimate of drug-likeness (QED) is 0.712. The van der Waals surface area contributed by atoms with E-state index in [4.69, 9.17) is 9.72 Å². The molecule has 2 aromatic rings. The molecule has 9 nitrogen and oxygen atoms in total. The van der Waals surface area contributed by atoms with Gasteiger partial charge in [0, 0.05) is 71.7 Å². The highest BCUT2D eigenvalue weighted by Gasteiger charge is 2.27. The molecule has 0 bridgehead atoms. The van der Waals surface area contributed by atoms with Crippen LogP contribution in [0.4, 0.5) is 11.8 Å². The van der Waals surface area contributed by atoms with E-state index in [-0.39, 0.29) is 0 Å². The Bertz CT molecular complexity index is 744. The van der Waals surface area contributed by atoms with Crippen LogP contribution in [0.1, 0.15) is 12.1 Å². The largest absolute Gasteiger partial charge is 0.378 e. The molecule has 0 N–H and O–H groups in total. The Morgan fingerprint density at radius 1 is 1.26 bits per heavy atom. The van der Waals surface area contributed by atoms with Gasteiger partial charge < -0.3 is 19.4 Å². The van der Waals surface area contributed by atoms with Gasteiger partial charge in [-0.1, -0.05) is 5.21 Å². The number of aromatic nitrogens is 5. The van der Waals surface area contributed by atoms with Gasteiger partial charge in [0.15, 0.2) is 0 Å². The monoisotopic (exact) mass is 372 g/mol. The lowest BCUT2D eigenvalue weighted by molar-refractivity contribution is 0.122. The molecule has 2 fully saturated rings. The van der Waals surface area contributed by atoms with Crippen LogP contribution in [-0.2, 0) is 18.2 Å². The van der Waals surface area contributed by atoms with E-state index in [0.29, 0.717) is 6.04 Å². The van der Waals surface area contributed by atoms with Crippen LogP contribution < -0.4 is 9.80 Å². The maximum Gasteiger partial charge on any atom is 0.227 e. The summed E-state index contributed by atoms with van der Waals surface area (Å²) in [7, 11) is 4.05. The Kier molecular flexibility index (Phi) is 5.49. The van der Waals surface area contributed by atoms with Crippen molar-refractivity contribution in [3.8, 4) is 0 Å². The molecule has 0 saturated carbocycles. The highest BCUT2D eigenvalue weighted by atomic mass is 16.5. The summed E-state index contributed by atoms with van der Waals surface area (Å²) in [6.45, 7) is 6.37. The van der Waals surface area contributed by atoms with E-state index in [9.17, 15) is 0 Å². The van der Waals surface area contributed by atoms with Crippen molar-refractivity contribution < 1.29 is 4.74 Å². The third-order valence-electron chi connectivity index (χ3n) is 5.41. The standard InChI is InChI=1S/C18H28N8O/c1-23-13-15(21-22-23)4-7-25-8-5-16(14-25)24(2)17-3-6-19-18(20-17)26-9-11-27-12-10-26/h3,6,13,16H,4-5,7-12,14H2,1-2H3. The molecule has 146 valence electrons. The summed E-state index contributed by atoms with van der Waals surface area (Å²) in [5.74, 6) is 1.80. The molecule has 0 aromatic carbocycles. The first-order valence-electron chi connectivity index (χ1n) is 9.65. The van der Waals surface area contributed by atoms with Gasteiger partial charge in [0.25, 0.3) is 0 Å². The van der Waals surface area contributed by atoms with Gasteiger partial charge in [0.2, 0.25) is 5.95 Å². The Morgan fingerprint density at radius 2 is 2.11 bits per heavy atom. The normalized spacial score (nSPS) is 21.0. The summed E-state index contributed by atoms with van der Waals surface area (Å²) >= 11 is 0. The van der Waals surface area contributed by atoms with Crippen LogP contribution in [0.5, 0.6) is 0 Å². The van der Waals surface area contributed by atoms with Gasteiger partial charge in [-0.05, 0) is 12.5 Å². The maximum atomic E-state index is 5.43. The number of hydrogen-bond acceptors (Lipinski definition) is 8. The summed E-state index contributed by atoms with van der Waals surface area (Å²) in [6, 6.07) is 2.48. The van der Waals surface area contributed by atoms with Crippen LogP contribution in [0.15, 0.2) is 18.5 Å². The molecule has 2 aliphatic rings. The van der Waals surface area contributed by atoms with E-state index in [1.165, 1.54) is 0 Å². The third-order valence-corrected chi connectivity index (χ3v) is 5.41. The number of aryl methyl sites for hydroxylation is 1. The first-order chi connectivity index (χ1) is 13.2. The molecule has 0 aliphatic carbocycles. The van der Waals surface area contributed by atoms with Crippen molar-refractivity contribution in [3.05, 3.63) is 24.2 Å². The topological polar surface area (TPSA) is 75.4 Å². The number of likely N-dealkylation sites (tertiary alicyclic amines) is 1. The molecule has 27 heavy (non-hydrogen) atoms. The summed E-state index contributed by atoms with van der Waals surface area (Å²) in [4.78, 5) is 16.3. The fourth-order valence-corrected chi connectivity index (χ4v) is 3.75. The van der Waals surface area contributed by atoms with Crippen molar-refractivity contribution in [2.24, 2.45) is 7.05 Å². The molecule has 0 radical (unpaired) electrons. The van der Waals surface area contributed by atoms with E-state index >= 15 is 0 Å². The van der Waals surface area contributed by atoms with Crippen molar-refractivity contribution >= 4 is 11.8 Å². The number of likely N-dealkylation sites (N-methyl/N-ethyl adjacent to an activating group) is 1. The SMILES string of the molecule is CN(c1ccnc(N2CCOCC2)n1)C1CCN(CCc2cn(C)nn2)C1. The van der Waals surface area contributed by atoms with Crippen molar-refractivity contribution in [1.29, 1.82) is 0 Å². The molecule has 0 amide bonds. The number of nitrogens with zero attached hydrogens (tertiary/aromatic N) is 8. The average Bonchev–Trinajstić information content (AvgIpc) is 3.35. The van der Waals surface area contributed by atoms with Gasteiger partial charge in [-0.2, -0.15) is 4.98 Å². The van der Waals surface area contributed by atoms with E-state index < -0.39 is 0 Å². The Morgan fingerprint density at radius 3 is 2.89 bits per heavy atom. The minimum atomic E-state index is 0.472. The second kappa shape index (κ2) is 8.18. The van der Waals surface area contributed by atoms with Crippen LogP contribution in [0, 0.1) is 0 Å². The van der Waals surface area contributed by atoms with Crippen molar-refractivity contribution in [3.63, 3.8) is 0 Å². The predicted molar refractivity (Wildman–Crippen MR) is 103 cm³/mol. The highest BCUT2D eigenvalue weighted by Crippen LogP contribution is 2.22. The first kappa shape index (κ1) is 18.1. The van der Waals surface area contributed by atoms with Crippen LogP contribution in [-0.4, -0.2) is 88.9 Å². The van der Waals surface area contributed by atoms with Crippen molar-refractivity contribution in [2.45, 2.75) is 18.9 Å².